The van der Waals surface area contributed by atoms with E-state index in [1.807, 2.05) is 0 Å². The van der Waals surface area contributed by atoms with Crippen LogP contribution in [0.15, 0.2) is 17.0 Å². The van der Waals surface area contributed by atoms with Crippen LogP contribution in [0.5, 0.6) is 0 Å². The summed E-state index contributed by atoms with van der Waals surface area (Å²) in [5.74, 6) is 0.704. The number of aromatic nitrogens is 4. The Labute approximate surface area is 222 Å². The lowest BCUT2D eigenvalue weighted by molar-refractivity contribution is 0.150. The lowest BCUT2D eigenvalue weighted by atomic mass is 9.81. The molecule has 3 fully saturated rings. The van der Waals surface area contributed by atoms with E-state index in [1.54, 1.807) is 10.6 Å². The predicted molar refractivity (Wildman–Crippen MR) is 138 cm³/mol. The van der Waals surface area contributed by atoms with E-state index in [0.29, 0.717) is 42.8 Å². The summed E-state index contributed by atoms with van der Waals surface area (Å²) in [6.45, 7) is 4.57. The van der Waals surface area contributed by atoms with Crippen LogP contribution in [0.3, 0.4) is 0 Å². The van der Waals surface area contributed by atoms with Gasteiger partial charge in [-0.05, 0) is 45.6 Å². The minimum absolute atomic E-state index is 0.0153. The van der Waals surface area contributed by atoms with E-state index in [9.17, 15) is 21.6 Å². The van der Waals surface area contributed by atoms with Gasteiger partial charge in [0, 0.05) is 37.2 Å². The van der Waals surface area contributed by atoms with Crippen molar-refractivity contribution in [3.63, 3.8) is 0 Å². The molecule has 2 aliphatic carbocycles. The third-order valence-electron chi connectivity index (χ3n) is 7.70. The van der Waals surface area contributed by atoms with Gasteiger partial charge in [0.05, 0.1) is 27.2 Å². The van der Waals surface area contributed by atoms with Crippen molar-refractivity contribution in [2.24, 2.45) is 0 Å². The highest BCUT2D eigenvalue weighted by Gasteiger charge is 2.46. The van der Waals surface area contributed by atoms with Gasteiger partial charge in [-0.1, -0.05) is 17.8 Å². The SMILES string of the molecule is C[C@H]1CN(c2cc(S(=O)(=O)NC3(CF)CC3)cc3c(-c4nnc(C(F)F)s4)c(C4CCC4)nn23)C[C@H](C)N1. The zero-order valence-electron chi connectivity index (χ0n) is 21.1. The summed E-state index contributed by atoms with van der Waals surface area (Å²) in [6, 6.07) is 3.38. The number of rotatable bonds is 8. The first-order chi connectivity index (χ1) is 18.1. The molecule has 3 aromatic rings. The maximum atomic E-state index is 13.6. The third kappa shape index (κ3) is 4.58. The molecule has 0 bridgehead atoms. The van der Waals surface area contributed by atoms with Crippen LogP contribution in [0.25, 0.3) is 16.1 Å². The number of anilines is 1. The van der Waals surface area contributed by atoms with Crippen LogP contribution in [0.4, 0.5) is 19.0 Å². The van der Waals surface area contributed by atoms with Gasteiger partial charge in [0.2, 0.25) is 10.0 Å². The van der Waals surface area contributed by atoms with E-state index < -0.39 is 33.7 Å². The first kappa shape index (κ1) is 26.0. The van der Waals surface area contributed by atoms with E-state index >= 15 is 0 Å². The Morgan fingerprint density at radius 3 is 2.45 bits per heavy atom. The summed E-state index contributed by atoms with van der Waals surface area (Å²) in [6.07, 6.45) is 0.960. The minimum Gasteiger partial charge on any atom is -0.353 e. The molecule has 0 spiro atoms. The van der Waals surface area contributed by atoms with Gasteiger partial charge < -0.3 is 10.2 Å². The standard InChI is InChI=1S/C24H30F3N7O2S2/c1-13-10-33(11-14(2)28-13)18-9-16(38(35,36)32-24(12-25)6-7-24)8-17-19(22-29-30-23(37-22)21(26)27)20(31-34(17)18)15-4-3-5-15/h8-9,13-15,21,28,32H,3-7,10-12H2,1-2H3/t13-,14-/m0/s1. The molecular weight excluding hydrogens is 539 g/mol. The minimum atomic E-state index is -4.08. The molecule has 1 saturated heterocycles. The van der Waals surface area contributed by atoms with E-state index in [0.717, 1.165) is 36.3 Å². The zero-order chi connectivity index (χ0) is 26.8. The molecular formula is C24H30F3N7O2S2. The summed E-state index contributed by atoms with van der Waals surface area (Å²) < 4.78 is 71.9. The summed E-state index contributed by atoms with van der Waals surface area (Å²) in [5, 5.41) is 16.1. The molecule has 2 atom stereocenters. The monoisotopic (exact) mass is 569 g/mol. The molecule has 3 aromatic heterocycles. The summed E-state index contributed by atoms with van der Waals surface area (Å²) in [4.78, 5) is 2.07. The molecule has 6 rings (SSSR count). The average molecular weight is 570 g/mol. The molecule has 2 N–H and O–H groups in total. The van der Waals surface area contributed by atoms with E-state index in [4.69, 9.17) is 5.10 Å². The van der Waals surface area contributed by atoms with Gasteiger partial charge in [0.1, 0.15) is 12.5 Å². The lowest BCUT2D eigenvalue weighted by Crippen LogP contribution is -2.54. The van der Waals surface area contributed by atoms with Gasteiger partial charge in [-0.25, -0.2) is 30.8 Å². The molecule has 3 aliphatic rings. The summed E-state index contributed by atoms with van der Waals surface area (Å²) in [5.41, 5.74) is 0.663. The summed E-state index contributed by atoms with van der Waals surface area (Å²) in [7, 11) is -4.08. The first-order valence-electron chi connectivity index (χ1n) is 12.9. The zero-order valence-corrected chi connectivity index (χ0v) is 22.8. The average Bonchev–Trinajstić information content (AvgIpc) is 3.23. The number of nitrogens with one attached hydrogen (secondary N) is 2. The molecule has 14 heteroatoms. The van der Waals surface area contributed by atoms with Crippen LogP contribution in [-0.2, 0) is 10.0 Å². The van der Waals surface area contributed by atoms with Crippen molar-refractivity contribution < 1.29 is 21.6 Å². The highest BCUT2D eigenvalue weighted by Crippen LogP contribution is 2.45. The van der Waals surface area contributed by atoms with Gasteiger partial charge >= 0.3 is 0 Å². The molecule has 0 amide bonds. The van der Waals surface area contributed by atoms with Crippen molar-refractivity contribution in [3.05, 3.63) is 22.8 Å². The quantitative estimate of drug-likeness (QED) is 0.422. The Bertz CT molecular complexity index is 1460. The second kappa shape index (κ2) is 9.42. The van der Waals surface area contributed by atoms with Crippen LogP contribution >= 0.6 is 11.3 Å². The molecule has 0 unspecified atom stereocenters. The fourth-order valence-electron chi connectivity index (χ4n) is 5.38. The van der Waals surface area contributed by atoms with Crippen LogP contribution < -0.4 is 14.9 Å². The van der Waals surface area contributed by atoms with Gasteiger partial charge in [-0.2, -0.15) is 5.10 Å². The lowest BCUT2D eigenvalue weighted by Gasteiger charge is -2.37. The molecule has 38 heavy (non-hydrogen) atoms. The number of alkyl halides is 3. The fraction of sp³-hybridized carbons (Fsp3) is 0.625. The molecule has 4 heterocycles. The maximum Gasteiger partial charge on any atom is 0.291 e. The van der Waals surface area contributed by atoms with Crippen molar-refractivity contribution in [1.29, 1.82) is 0 Å². The van der Waals surface area contributed by atoms with Crippen molar-refractivity contribution in [1.82, 2.24) is 29.9 Å². The number of halogens is 3. The van der Waals surface area contributed by atoms with Crippen LogP contribution in [0, 0.1) is 0 Å². The van der Waals surface area contributed by atoms with Crippen molar-refractivity contribution in [2.45, 2.75) is 80.8 Å². The number of sulfonamides is 1. The Morgan fingerprint density at radius 1 is 1.18 bits per heavy atom. The largest absolute Gasteiger partial charge is 0.353 e. The van der Waals surface area contributed by atoms with E-state index in [2.05, 4.69) is 39.0 Å². The molecule has 1 aliphatic heterocycles. The van der Waals surface area contributed by atoms with E-state index in [1.165, 1.54) is 6.07 Å². The topological polar surface area (TPSA) is 105 Å². The smallest absolute Gasteiger partial charge is 0.291 e. The number of nitrogens with zero attached hydrogens (tertiary/aromatic N) is 5. The van der Waals surface area contributed by atoms with Gasteiger partial charge in [0.25, 0.3) is 6.43 Å². The Balaban J connectivity index is 1.57. The first-order valence-corrected chi connectivity index (χ1v) is 15.2. The Morgan fingerprint density at radius 2 is 1.89 bits per heavy atom. The van der Waals surface area contributed by atoms with Crippen LogP contribution in [0.2, 0.25) is 0 Å². The van der Waals surface area contributed by atoms with Crippen LogP contribution in [0.1, 0.15) is 69.0 Å². The van der Waals surface area contributed by atoms with Crippen LogP contribution in [-0.4, -0.2) is 65.6 Å². The van der Waals surface area contributed by atoms with Gasteiger partial charge in [-0.3, -0.25) is 0 Å². The fourth-order valence-corrected chi connectivity index (χ4v) is 7.62. The van der Waals surface area contributed by atoms with Gasteiger partial charge in [-0.15, -0.1) is 10.2 Å². The number of piperazine rings is 1. The number of fused-ring (bicyclic) bond motifs is 1. The second-order valence-electron chi connectivity index (χ2n) is 10.9. The van der Waals surface area contributed by atoms with Crippen molar-refractivity contribution in [2.75, 3.05) is 24.7 Å². The molecule has 0 radical (unpaired) electrons. The number of pyridine rings is 1. The maximum absolute atomic E-state index is 13.6. The summed E-state index contributed by atoms with van der Waals surface area (Å²) >= 11 is 0.795. The van der Waals surface area contributed by atoms with Gasteiger partial charge in [0.15, 0.2) is 10.0 Å². The highest BCUT2D eigenvalue weighted by atomic mass is 32.2. The Hall–Kier alpha value is -2.29. The van der Waals surface area contributed by atoms with Crippen molar-refractivity contribution >= 4 is 32.7 Å². The predicted octanol–water partition coefficient (Wildman–Crippen LogP) is 4.02. The number of hydrogen-bond donors (Lipinski definition) is 2. The van der Waals surface area contributed by atoms with E-state index in [-0.39, 0.29) is 27.9 Å². The molecule has 9 nitrogen and oxygen atoms in total. The molecule has 0 aromatic carbocycles. The normalized spacial score (nSPS) is 23.8. The molecule has 2 saturated carbocycles. The van der Waals surface area contributed by atoms with Crippen molar-refractivity contribution in [3.8, 4) is 10.6 Å². The molecule has 206 valence electrons. The Kier molecular flexibility index (Phi) is 6.43. The highest BCUT2D eigenvalue weighted by molar-refractivity contribution is 7.89. The number of hydrogen-bond acceptors (Lipinski definition) is 8. The second-order valence-corrected chi connectivity index (χ2v) is 13.6. The third-order valence-corrected chi connectivity index (χ3v) is 10.2.